The van der Waals surface area contributed by atoms with Gasteiger partial charge in [0.1, 0.15) is 0 Å². The van der Waals surface area contributed by atoms with Crippen molar-refractivity contribution in [2.24, 2.45) is 5.92 Å². The molecule has 2 atom stereocenters. The van der Waals surface area contributed by atoms with Gasteiger partial charge in [0.15, 0.2) is 5.82 Å². The number of hydrogen-bond acceptors (Lipinski definition) is 4. The molecule has 0 aliphatic heterocycles. The highest BCUT2D eigenvalue weighted by Crippen LogP contribution is 2.32. The summed E-state index contributed by atoms with van der Waals surface area (Å²) in [5.74, 6) is 2.90. The van der Waals surface area contributed by atoms with E-state index < -0.39 is 0 Å². The Morgan fingerprint density at radius 3 is 2.60 bits per heavy atom. The first-order valence-corrected chi connectivity index (χ1v) is 7.68. The van der Waals surface area contributed by atoms with Crippen LogP contribution in [0, 0.1) is 5.92 Å². The van der Waals surface area contributed by atoms with Crippen LogP contribution in [0.15, 0.2) is 4.52 Å². The zero-order valence-electron chi connectivity index (χ0n) is 12.9. The van der Waals surface area contributed by atoms with E-state index in [9.17, 15) is 0 Å². The van der Waals surface area contributed by atoms with E-state index in [0.717, 1.165) is 24.1 Å². The number of halogens is 1. The van der Waals surface area contributed by atoms with Crippen molar-refractivity contribution >= 4 is 12.4 Å². The molecule has 4 nitrogen and oxygen atoms in total. The first kappa shape index (κ1) is 17.4. The molecule has 0 spiro atoms. The minimum atomic E-state index is 0. The maximum Gasteiger partial charge on any atom is 0.229 e. The number of hydrogen-bond donors (Lipinski definition) is 1. The number of rotatable bonds is 6. The maximum atomic E-state index is 5.42. The highest BCUT2D eigenvalue weighted by Gasteiger charge is 2.21. The Kier molecular flexibility index (Phi) is 7.52. The second-order valence-electron chi connectivity index (χ2n) is 6.08. The smallest absolute Gasteiger partial charge is 0.229 e. The average Bonchev–Trinajstić information content (AvgIpc) is 2.88. The molecule has 0 aromatic carbocycles. The van der Waals surface area contributed by atoms with Crippen LogP contribution >= 0.6 is 12.4 Å². The molecule has 0 saturated heterocycles. The molecule has 1 aromatic heterocycles. The van der Waals surface area contributed by atoms with Crippen molar-refractivity contribution in [2.75, 3.05) is 7.05 Å². The lowest BCUT2D eigenvalue weighted by molar-refractivity contribution is 0.288. The predicted octanol–water partition coefficient (Wildman–Crippen LogP) is 3.72. The molecular weight excluding hydrogens is 274 g/mol. The molecule has 1 aliphatic rings. The lowest BCUT2D eigenvalue weighted by atomic mass is 9.83. The number of likely N-dealkylation sites (N-methyl/N-ethyl adjacent to an activating group) is 1. The van der Waals surface area contributed by atoms with Crippen molar-refractivity contribution in [2.45, 2.75) is 70.8 Å². The Bertz CT molecular complexity index is 377. The van der Waals surface area contributed by atoms with Crippen LogP contribution in [0.4, 0.5) is 0 Å². The Morgan fingerprint density at radius 2 is 1.95 bits per heavy atom. The fourth-order valence-electron chi connectivity index (χ4n) is 2.95. The second-order valence-corrected chi connectivity index (χ2v) is 6.08. The molecule has 1 aromatic rings. The minimum Gasteiger partial charge on any atom is -0.339 e. The van der Waals surface area contributed by atoms with Crippen molar-refractivity contribution in [3.8, 4) is 0 Å². The summed E-state index contributed by atoms with van der Waals surface area (Å²) in [7, 11) is 1.96. The first-order valence-electron chi connectivity index (χ1n) is 7.68. The summed E-state index contributed by atoms with van der Waals surface area (Å²) < 4.78 is 5.42. The molecule has 0 amide bonds. The molecule has 2 unspecified atom stereocenters. The van der Waals surface area contributed by atoms with Gasteiger partial charge in [0, 0.05) is 18.4 Å². The standard InChI is InChI=1S/C15H27N3O.ClH/c1-11(9-13-7-5-4-6-8-13)15-17-14(18-19-15)10-12(2)16-3;/h11-13,16H,4-10H2,1-3H3;1H. The summed E-state index contributed by atoms with van der Waals surface area (Å²) in [6, 6.07) is 0.388. The van der Waals surface area contributed by atoms with E-state index in [-0.39, 0.29) is 12.4 Å². The van der Waals surface area contributed by atoms with Crippen LogP contribution in [-0.2, 0) is 6.42 Å². The summed E-state index contributed by atoms with van der Waals surface area (Å²) in [4.78, 5) is 4.55. The Hall–Kier alpha value is -0.610. The molecule has 5 heteroatoms. The molecule has 0 bridgehead atoms. The number of nitrogens with one attached hydrogen (secondary N) is 1. The SMILES string of the molecule is CNC(C)Cc1noc(C(C)CC2CCCCC2)n1.Cl. The summed E-state index contributed by atoms with van der Waals surface area (Å²) in [5, 5.41) is 7.29. The number of nitrogens with zero attached hydrogens (tertiary/aromatic N) is 2. The first-order chi connectivity index (χ1) is 9.19. The molecule has 2 rings (SSSR count). The van der Waals surface area contributed by atoms with Gasteiger partial charge in [-0.05, 0) is 26.3 Å². The highest BCUT2D eigenvalue weighted by molar-refractivity contribution is 5.85. The summed E-state index contributed by atoms with van der Waals surface area (Å²) >= 11 is 0. The average molecular weight is 302 g/mol. The summed E-state index contributed by atoms with van der Waals surface area (Å²) in [6.45, 7) is 4.34. The lowest BCUT2D eigenvalue weighted by Crippen LogP contribution is -2.24. The van der Waals surface area contributed by atoms with E-state index in [1.165, 1.54) is 38.5 Å². The predicted molar refractivity (Wildman–Crippen MR) is 83.4 cm³/mol. The van der Waals surface area contributed by atoms with Crippen molar-refractivity contribution in [3.05, 3.63) is 11.7 Å². The maximum absolute atomic E-state index is 5.42. The van der Waals surface area contributed by atoms with Gasteiger partial charge < -0.3 is 9.84 Å². The Morgan fingerprint density at radius 1 is 1.25 bits per heavy atom. The zero-order chi connectivity index (χ0) is 13.7. The van der Waals surface area contributed by atoms with Crippen LogP contribution in [0.2, 0.25) is 0 Å². The van der Waals surface area contributed by atoms with E-state index in [1.807, 2.05) is 7.05 Å². The van der Waals surface area contributed by atoms with Crippen LogP contribution in [0.25, 0.3) is 0 Å². The number of aromatic nitrogens is 2. The third-order valence-corrected chi connectivity index (χ3v) is 4.30. The molecule has 20 heavy (non-hydrogen) atoms. The van der Waals surface area contributed by atoms with E-state index in [1.54, 1.807) is 0 Å². The lowest BCUT2D eigenvalue weighted by Gasteiger charge is -2.23. The van der Waals surface area contributed by atoms with Crippen LogP contribution in [-0.4, -0.2) is 23.2 Å². The largest absolute Gasteiger partial charge is 0.339 e. The molecular formula is C15H28ClN3O. The van der Waals surface area contributed by atoms with Crippen LogP contribution in [0.3, 0.4) is 0 Å². The van der Waals surface area contributed by atoms with Gasteiger partial charge in [-0.2, -0.15) is 4.98 Å². The van der Waals surface area contributed by atoms with Gasteiger partial charge in [0.2, 0.25) is 5.89 Å². The van der Waals surface area contributed by atoms with Crippen molar-refractivity contribution in [1.82, 2.24) is 15.5 Å². The molecule has 116 valence electrons. The van der Waals surface area contributed by atoms with E-state index in [0.29, 0.717) is 12.0 Å². The molecule has 1 aliphatic carbocycles. The van der Waals surface area contributed by atoms with Crippen molar-refractivity contribution in [3.63, 3.8) is 0 Å². The summed E-state index contributed by atoms with van der Waals surface area (Å²) in [5.41, 5.74) is 0. The van der Waals surface area contributed by atoms with Crippen LogP contribution in [0.1, 0.15) is 70.0 Å². The fourth-order valence-corrected chi connectivity index (χ4v) is 2.95. The van der Waals surface area contributed by atoms with Gasteiger partial charge in [-0.3, -0.25) is 0 Å². The monoisotopic (exact) mass is 301 g/mol. The third-order valence-electron chi connectivity index (χ3n) is 4.30. The Labute approximate surface area is 128 Å². The molecule has 0 radical (unpaired) electrons. The second kappa shape index (κ2) is 8.63. The Balaban J connectivity index is 0.00000200. The molecule has 1 saturated carbocycles. The highest BCUT2D eigenvalue weighted by atomic mass is 35.5. The van der Waals surface area contributed by atoms with Gasteiger partial charge in [-0.25, -0.2) is 0 Å². The van der Waals surface area contributed by atoms with Gasteiger partial charge >= 0.3 is 0 Å². The van der Waals surface area contributed by atoms with Gasteiger partial charge in [0.05, 0.1) is 0 Å². The van der Waals surface area contributed by atoms with Crippen LogP contribution in [0.5, 0.6) is 0 Å². The third kappa shape index (κ3) is 5.06. The van der Waals surface area contributed by atoms with Gasteiger partial charge in [0.25, 0.3) is 0 Å². The van der Waals surface area contributed by atoms with E-state index in [2.05, 4.69) is 29.3 Å². The van der Waals surface area contributed by atoms with E-state index in [4.69, 9.17) is 4.52 Å². The van der Waals surface area contributed by atoms with Gasteiger partial charge in [-0.15, -0.1) is 12.4 Å². The topological polar surface area (TPSA) is 51.0 Å². The normalized spacial score (nSPS) is 19.4. The molecule has 1 N–H and O–H groups in total. The summed E-state index contributed by atoms with van der Waals surface area (Å²) in [6.07, 6.45) is 8.99. The van der Waals surface area contributed by atoms with E-state index >= 15 is 0 Å². The fraction of sp³-hybridized carbons (Fsp3) is 0.867. The van der Waals surface area contributed by atoms with Crippen molar-refractivity contribution < 1.29 is 4.52 Å². The van der Waals surface area contributed by atoms with Crippen LogP contribution < -0.4 is 5.32 Å². The minimum absolute atomic E-state index is 0. The van der Waals surface area contributed by atoms with Crippen molar-refractivity contribution in [1.29, 1.82) is 0 Å². The zero-order valence-corrected chi connectivity index (χ0v) is 13.7. The molecule has 1 fully saturated rings. The van der Waals surface area contributed by atoms with Gasteiger partial charge in [-0.1, -0.05) is 44.2 Å². The quantitative estimate of drug-likeness (QED) is 0.870. The molecule has 1 heterocycles.